The Balaban J connectivity index is 2.47. The van der Waals surface area contributed by atoms with E-state index in [1.807, 2.05) is 0 Å². The summed E-state index contributed by atoms with van der Waals surface area (Å²) in [4.78, 5) is 0. The molecule has 2 rings (SSSR count). The average Bonchev–Trinajstić information content (AvgIpc) is 2.12. The average molecular weight is 225 g/mol. The molecule has 0 saturated heterocycles. The number of aromatic hydroxyl groups is 3. The topological polar surface area (TPSA) is 107 Å². The molecule has 0 amide bonds. The van der Waals surface area contributed by atoms with Crippen LogP contribution in [0.5, 0.6) is 17.2 Å². The monoisotopic (exact) mass is 225 g/mol. The predicted octanol–water partition coefficient (Wildman–Crippen LogP) is 0.155. The molecule has 0 bridgehead atoms. The van der Waals surface area contributed by atoms with Crippen molar-refractivity contribution in [1.82, 2.24) is 0 Å². The van der Waals surface area contributed by atoms with E-state index in [1.165, 1.54) is 0 Å². The van der Waals surface area contributed by atoms with Crippen molar-refractivity contribution < 1.29 is 20.4 Å². The lowest BCUT2D eigenvalue weighted by molar-refractivity contribution is 0.0200. The summed E-state index contributed by atoms with van der Waals surface area (Å²) in [6.45, 7) is 0.232. The third-order valence-corrected chi connectivity index (χ3v) is 3.26. The minimum Gasteiger partial charge on any atom is -0.508 e. The van der Waals surface area contributed by atoms with Gasteiger partial charge in [0.1, 0.15) is 17.2 Å². The van der Waals surface area contributed by atoms with E-state index in [2.05, 4.69) is 0 Å². The van der Waals surface area contributed by atoms with Gasteiger partial charge in [0.25, 0.3) is 0 Å². The summed E-state index contributed by atoms with van der Waals surface area (Å²) in [6, 6.07) is 2.33. The lowest BCUT2D eigenvalue weighted by atomic mass is 9.62. The molecule has 1 aliphatic rings. The third-order valence-electron chi connectivity index (χ3n) is 3.26. The van der Waals surface area contributed by atoms with Crippen molar-refractivity contribution in [3.63, 3.8) is 0 Å². The molecule has 1 aromatic rings. The molecule has 0 aromatic heterocycles. The number of rotatable bonds is 2. The highest BCUT2D eigenvalue weighted by atomic mass is 16.3. The van der Waals surface area contributed by atoms with E-state index >= 15 is 0 Å². The van der Waals surface area contributed by atoms with Gasteiger partial charge in [-0.1, -0.05) is 0 Å². The molecule has 1 fully saturated rings. The van der Waals surface area contributed by atoms with E-state index in [1.54, 1.807) is 0 Å². The molecule has 16 heavy (non-hydrogen) atoms. The van der Waals surface area contributed by atoms with Gasteiger partial charge in [0, 0.05) is 29.7 Å². The van der Waals surface area contributed by atoms with Gasteiger partial charge in [-0.05, 0) is 12.8 Å². The smallest absolute Gasteiger partial charge is 0.126 e. The van der Waals surface area contributed by atoms with E-state index in [4.69, 9.17) is 5.73 Å². The molecule has 5 heteroatoms. The molecule has 6 N–H and O–H groups in total. The quantitative estimate of drug-likeness (QED) is 0.492. The zero-order chi connectivity index (χ0) is 11.9. The molecule has 5 nitrogen and oxygen atoms in total. The Morgan fingerprint density at radius 3 is 2.06 bits per heavy atom. The van der Waals surface area contributed by atoms with Gasteiger partial charge in [0.2, 0.25) is 0 Å². The second kappa shape index (κ2) is 3.54. The van der Waals surface area contributed by atoms with Gasteiger partial charge in [-0.15, -0.1) is 0 Å². The molecule has 0 unspecified atom stereocenters. The lowest BCUT2D eigenvalue weighted by Gasteiger charge is -2.45. The van der Waals surface area contributed by atoms with Crippen molar-refractivity contribution in [2.45, 2.75) is 24.4 Å². The van der Waals surface area contributed by atoms with Crippen LogP contribution in [-0.4, -0.2) is 33.1 Å². The molecule has 1 aliphatic carbocycles. The van der Waals surface area contributed by atoms with Gasteiger partial charge in [-0.2, -0.15) is 0 Å². The number of hydrogen-bond acceptors (Lipinski definition) is 5. The van der Waals surface area contributed by atoms with E-state index < -0.39 is 11.5 Å². The molecule has 88 valence electrons. The van der Waals surface area contributed by atoms with Crippen LogP contribution in [0.2, 0.25) is 0 Å². The van der Waals surface area contributed by atoms with Crippen LogP contribution in [-0.2, 0) is 5.41 Å². The fourth-order valence-corrected chi connectivity index (χ4v) is 2.46. The fourth-order valence-electron chi connectivity index (χ4n) is 2.46. The van der Waals surface area contributed by atoms with Crippen molar-refractivity contribution in [2.75, 3.05) is 6.54 Å². The highest BCUT2D eigenvalue weighted by Gasteiger charge is 2.47. The van der Waals surface area contributed by atoms with Crippen molar-refractivity contribution in [3.8, 4) is 17.2 Å². The second-order valence-electron chi connectivity index (χ2n) is 4.41. The Morgan fingerprint density at radius 2 is 1.69 bits per heavy atom. The Hall–Kier alpha value is -1.46. The number of nitrogens with two attached hydrogens (primary N) is 1. The molecule has 0 atom stereocenters. The highest BCUT2D eigenvalue weighted by molar-refractivity contribution is 5.54. The van der Waals surface area contributed by atoms with Gasteiger partial charge in [0.05, 0.1) is 6.10 Å². The van der Waals surface area contributed by atoms with Crippen LogP contribution in [0, 0.1) is 0 Å². The number of benzene rings is 1. The van der Waals surface area contributed by atoms with Crippen molar-refractivity contribution in [1.29, 1.82) is 0 Å². The molecule has 1 saturated carbocycles. The SMILES string of the molecule is NCC1(c2c(O)cc(O)cc2O)CC(O)C1. The minimum absolute atomic E-state index is 0.185. The van der Waals surface area contributed by atoms with Gasteiger partial charge in [-0.25, -0.2) is 0 Å². The van der Waals surface area contributed by atoms with Crippen LogP contribution in [0.1, 0.15) is 18.4 Å². The van der Waals surface area contributed by atoms with Crippen molar-refractivity contribution in [3.05, 3.63) is 17.7 Å². The predicted molar refractivity (Wildman–Crippen MR) is 57.4 cm³/mol. The van der Waals surface area contributed by atoms with Crippen LogP contribution >= 0.6 is 0 Å². The zero-order valence-electron chi connectivity index (χ0n) is 8.72. The van der Waals surface area contributed by atoms with Crippen molar-refractivity contribution in [2.24, 2.45) is 5.73 Å². The van der Waals surface area contributed by atoms with Crippen LogP contribution in [0.15, 0.2) is 12.1 Å². The largest absolute Gasteiger partial charge is 0.508 e. The van der Waals surface area contributed by atoms with E-state index in [0.717, 1.165) is 12.1 Å². The summed E-state index contributed by atoms with van der Waals surface area (Å²) in [6.07, 6.45) is 0.376. The number of aliphatic hydroxyl groups is 1. The summed E-state index contributed by atoms with van der Waals surface area (Å²) in [5.74, 6) is -0.574. The maximum absolute atomic E-state index is 9.73. The molecular weight excluding hydrogens is 210 g/mol. The molecule has 1 aromatic carbocycles. The van der Waals surface area contributed by atoms with Gasteiger partial charge in [0.15, 0.2) is 0 Å². The second-order valence-corrected chi connectivity index (χ2v) is 4.41. The summed E-state index contributed by atoms with van der Waals surface area (Å²) in [7, 11) is 0. The summed E-state index contributed by atoms with van der Waals surface area (Å²) in [5, 5.41) is 38.0. The van der Waals surface area contributed by atoms with Gasteiger partial charge in [-0.3, -0.25) is 0 Å². The standard InChI is InChI=1S/C11H15NO4/c12-5-11(3-7(14)4-11)10-8(15)1-6(13)2-9(10)16/h1-2,7,13-16H,3-5,12H2. The Labute approximate surface area is 92.8 Å². The number of phenolic OH excluding ortho intramolecular Hbond substituents is 3. The summed E-state index contributed by atoms with van der Waals surface area (Å²) >= 11 is 0. The maximum atomic E-state index is 9.73. The first kappa shape index (κ1) is 11.0. The normalized spacial score (nSPS) is 28.8. The molecule has 0 radical (unpaired) electrons. The zero-order valence-corrected chi connectivity index (χ0v) is 8.72. The number of hydrogen-bond donors (Lipinski definition) is 5. The molecule has 0 aliphatic heterocycles. The molecule has 0 heterocycles. The Kier molecular flexibility index (Phi) is 2.44. The van der Waals surface area contributed by atoms with Crippen LogP contribution in [0.4, 0.5) is 0 Å². The van der Waals surface area contributed by atoms with E-state index in [0.29, 0.717) is 18.4 Å². The first-order chi connectivity index (χ1) is 7.48. The lowest BCUT2D eigenvalue weighted by Crippen LogP contribution is -2.49. The maximum Gasteiger partial charge on any atom is 0.126 e. The van der Waals surface area contributed by atoms with E-state index in [-0.39, 0.29) is 23.8 Å². The fraction of sp³-hybridized carbons (Fsp3) is 0.455. The number of aliphatic hydroxyl groups excluding tert-OH is 1. The summed E-state index contributed by atoms with van der Waals surface area (Å²) < 4.78 is 0. The van der Waals surface area contributed by atoms with Crippen LogP contribution in [0.3, 0.4) is 0 Å². The van der Waals surface area contributed by atoms with Gasteiger partial charge < -0.3 is 26.2 Å². The first-order valence-electron chi connectivity index (χ1n) is 5.12. The highest BCUT2D eigenvalue weighted by Crippen LogP contribution is 2.50. The van der Waals surface area contributed by atoms with Crippen molar-refractivity contribution >= 4 is 0 Å². The number of phenols is 3. The molecule has 0 spiro atoms. The third kappa shape index (κ3) is 1.48. The Bertz CT molecular complexity index is 389. The molecular formula is C11H15NO4. The van der Waals surface area contributed by atoms with E-state index in [9.17, 15) is 20.4 Å². The van der Waals surface area contributed by atoms with Crippen LogP contribution < -0.4 is 5.73 Å². The van der Waals surface area contributed by atoms with Gasteiger partial charge >= 0.3 is 0 Å². The Morgan fingerprint density at radius 1 is 1.19 bits per heavy atom. The van der Waals surface area contributed by atoms with Crippen LogP contribution in [0.25, 0.3) is 0 Å². The summed E-state index contributed by atoms with van der Waals surface area (Å²) in [5.41, 5.74) is 5.38. The minimum atomic E-state index is -0.582. The first-order valence-corrected chi connectivity index (χ1v) is 5.12.